The largest absolute Gasteiger partial charge is 0.338 e. The zero-order valence-electron chi connectivity index (χ0n) is 14.5. The second-order valence-corrected chi connectivity index (χ2v) is 6.56. The molecule has 2 amide bonds. The first-order valence-corrected chi connectivity index (χ1v) is 8.72. The van der Waals surface area contributed by atoms with Crippen molar-refractivity contribution in [2.24, 2.45) is 0 Å². The molecule has 0 unspecified atom stereocenters. The summed E-state index contributed by atoms with van der Waals surface area (Å²) in [5.41, 5.74) is 3.93. The molecular formula is C19H26N4O. The number of rotatable bonds is 4. The molecule has 1 saturated heterocycles. The van der Waals surface area contributed by atoms with Crippen LogP contribution in [0.2, 0.25) is 0 Å². The molecule has 128 valence electrons. The number of likely N-dealkylation sites (tertiary alicyclic amines) is 1. The van der Waals surface area contributed by atoms with Crippen LogP contribution >= 0.6 is 0 Å². The van der Waals surface area contributed by atoms with E-state index < -0.39 is 0 Å². The molecule has 0 saturated carbocycles. The topological polar surface area (TPSA) is 50.2 Å². The Kier molecular flexibility index (Phi) is 5.18. The van der Waals surface area contributed by atoms with Crippen molar-refractivity contribution in [2.75, 3.05) is 19.6 Å². The van der Waals surface area contributed by atoms with Gasteiger partial charge in [0.2, 0.25) is 0 Å². The van der Waals surface area contributed by atoms with Crippen LogP contribution in [0.4, 0.5) is 4.79 Å². The summed E-state index contributed by atoms with van der Waals surface area (Å²) in [5, 5.41) is 7.38. The Balaban J connectivity index is 1.45. The summed E-state index contributed by atoms with van der Waals surface area (Å²) in [6, 6.07) is 8.76. The second-order valence-electron chi connectivity index (χ2n) is 6.56. The Morgan fingerprint density at radius 2 is 1.92 bits per heavy atom. The lowest BCUT2D eigenvalue weighted by Crippen LogP contribution is -2.45. The molecule has 0 atom stereocenters. The van der Waals surface area contributed by atoms with Crippen LogP contribution in [0.25, 0.3) is 0 Å². The highest BCUT2D eigenvalue weighted by atomic mass is 16.2. The quantitative estimate of drug-likeness (QED) is 0.938. The summed E-state index contributed by atoms with van der Waals surface area (Å²) in [4.78, 5) is 14.3. The Hall–Kier alpha value is -2.30. The molecule has 1 N–H and O–H groups in total. The van der Waals surface area contributed by atoms with E-state index in [0.717, 1.165) is 32.4 Å². The van der Waals surface area contributed by atoms with E-state index in [0.29, 0.717) is 12.6 Å². The minimum atomic E-state index is 0.0557. The molecule has 5 nitrogen and oxygen atoms in total. The summed E-state index contributed by atoms with van der Waals surface area (Å²) >= 11 is 0. The van der Waals surface area contributed by atoms with Crippen molar-refractivity contribution >= 4 is 6.03 Å². The van der Waals surface area contributed by atoms with Crippen molar-refractivity contribution in [1.29, 1.82) is 0 Å². The van der Waals surface area contributed by atoms with E-state index in [1.807, 2.05) is 28.0 Å². The van der Waals surface area contributed by atoms with Crippen molar-refractivity contribution in [3.05, 3.63) is 53.3 Å². The van der Waals surface area contributed by atoms with Gasteiger partial charge in [0.25, 0.3) is 0 Å². The molecule has 0 bridgehead atoms. The molecule has 1 aromatic heterocycles. The number of amides is 2. The Morgan fingerprint density at radius 3 is 2.54 bits per heavy atom. The Labute approximate surface area is 143 Å². The second kappa shape index (κ2) is 7.51. The van der Waals surface area contributed by atoms with Crippen molar-refractivity contribution in [1.82, 2.24) is 20.0 Å². The number of nitrogens with one attached hydrogen (secondary N) is 1. The van der Waals surface area contributed by atoms with Gasteiger partial charge in [0, 0.05) is 32.0 Å². The van der Waals surface area contributed by atoms with Crippen LogP contribution < -0.4 is 5.32 Å². The van der Waals surface area contributed by atoms with E-state index >= 15 is 0 Å². The first kappa shape index (κ1) is 16.6. The monoisotopic (exact) mass is 326 g/mol. The van der Waals surface area contributed by atoms with Gasteiger partial charge in [-0.15, -0.1) is 0 Å². The third kappa shape index (κ3) is 3.78. The number of carbonyl (C=O) groups is 1. The number of hydrogen-bond donors (Lipinski definition) is 1. The smallest absolute Gasteiger partial charge is 0.317 e. The highest BCUT2D eigenvalue weighted by Crippen LogP contribution is 2.21. The van der Waals surface area contributed by atoms with Gasteiger partial charge in [0.05, 0.1) is 6.04 Å². The van der Waals surface area contributed by atoms with Gasteiger partial charge in [0.1, 0.15) is 0 Å². The van der Waals surface area contributed by atoms with Gasteiger partial charge in [-0.3, -0.25) is 4.68 Å². The lowest BCUT2D eigenvalue weighted by molar-refractivity contribution is 0.169. The van der Waals surface area contributed by atoms with E-state index in [9.17, 15) is 4.79 Å². The molecule has 3 rings (SSSR count). The third-order valence-corrected chi connectivity index (χ3v) is 4.95. The minimum absolute atomic E-state index is 0.0557. The highest BCUT2D eigenvalue weighted by molar-refractivity contribution is 5.74. The van der Waals surface area contributed by atoms with E-state index in [2.05, 4.69) is 42.5 Å². The lowest BCUT2D eigenvalue weighted by Gasteiger charge is -2.32. The molecule has 1 aliphatic rings. The molecule has 5 heteroatoms. The maximum absolute atomic E-state index is 12.3. The normalized spacial score (nSPS) is 15.5. The minimum Gasteiger partial charge on any atom is -0.338 e. The van der Waals surface area contributed by atoms with Crippen molar-refractivity contribution in [3.63, 3.8) is 0 Å². The first-order chi connectivity index (χ1) is 11.6. The molecule has 24 heavy (non-hydrogen) atoms. The molecular weight excluding hydrogens is 300 g/mol. The number of piperidine rings is 1. The van der Waals surface area contributed by atoms with Crippen molar-refractivity contribution in [3.8, 4) is 0 Å². The zero-order chi connectivity index (χ0) is 16.9. The van der Waals surface area contributed by atoms with Crippen LogP contribution in [-0.4, -0.2) is 40.3 Å². The lowest BCUT2D eigenvalue weighted by atomic mass is 10.0. The number of urea groups is 1. The van der Waals surface area contributed by atoms with E-state index in [1.165, 1.54) is 16.7 Å². The van der Waals surface area contributed by atoms with Crippen molar-refractivity contribution in [2.45, 2.75) is 39.2 Å². The predicted molar refractivity (Wildman–Crippen MR) is 95.1 cm³/mol. The number of nitrogens with zero attached hydrogens (tertiary/aromatic N) is 3. The summed E-state index contributed by atoms with van der Waals surface area (Å²) in [5.74, 6) is 0. The Morgan fingerprint density at radius 1 is 1.21 bits per heavy atom. The predicted octanol–water partition coefficient (Wildman–Crippen LogP) is 3.09. The number of benzene rings is 1. The third-order valence-electron chi connectivity index (χ3n) is 4.95. The molecule has 1 aromatic carbocycles. The molecule has 0 spiro atoms. The average molecular weight is 326 g/mol. The van der Waals surface area contributed by atoms with Crippen LogP contribution in [-0.2, 0) is 6.42 Å². The molecule has 0 radical (unpaired) electrons. The number of aryl methyl sites for hydroxylation is 2. The fourth-order valence-corrected chi connectivity index (χ4v) is 3.48. The average Bonchev–Trinajstić information content (AvgIpc) is 3.12. The van der Waals surface area contributed by atoms with Crippen LogP contribution in [0.3, 0.4) is 0 Å². The molecule has 1 aliphatic heterocycles. The van der Waals surface area contributed by atoms with E-state index in [1.54, 1.807) is 0 Å². The fourth-order valence-electron chi connectivity index (χ4n) is 3.48. The van der Waals surface area contributed by atoms with Gasteiger partial charge in [-0.25, -0.2) is 4.79 Å². The highest BCUT2D eigenvalue weighted by Gasteiger charge is 2.23. The maximum atomic E-state index is 12.3. The van der Waals surface area contributed by atoms with Crippen LogP contribution in [0, 0.1) is 13.8 Å². The van der Waals surface area contributed by atoms with Gasteiger partial charge >= 0.3 is 6.03 Å². The zero-order valence-corrected chi connectivity index (χ0v) is 14.5. The molecule has 2 heterocycles. The van der Waals surface area contributed by atoms with Crippen LogP contribution in [0.15, 0.2) is 36.7 Å². The number of hydrogen-bond acceptors (Lipinski definition) is 2. The van der Waals surface area contributed by atoms with Gasteiger partial charge in [0.15, 0.2) is 0 Å². The first-order valence-electron chi connectivity index (χ1n) is 8.72. The molecule has 1 fully saturated rings. The Bertz CT molecular complexity index is 652. The summed E-state index contributed by atoms with van der Waals surface area (Å²) in [7, 11) is 0. The summed E-state index contributed by atoms with van der Waals surface area (Å²) in [6.07, 6.45) is 6.63. The van der Waals surface area contributed by atoms with E-state index in [-0.39, 0.29) is 6.03 Å². The number of carbonyl (C=O) groups excluding carboxylic acids is 1. The summed E-state index contributed by atoms with van der Waals surface area (Å²) < 4.78 is 2.01. The van der Waals surface area contributed by atoms with E-state index in [4.69, 9.17) is 0 Å². The van der Waals surface area contributed by atoms with Gasteiger partial charge in [-0.1, -0.05) is 18.2 Å². The molecule has 2 aromatic rings. The van der Waals surface area contributed by atoms with Gasteiger partial charge in [-0.05, 0) is 55.9 Å². The van der Waals surface area contributed by atoms with Crippen LogP contribution in [0.1, 0.15) is 35.6 Å². The maximum Gasteiger partial charge on any atom is 0.317 e. The number of aromatic nitrogens is 2. The van der Waals surface area contributed by atoms with Gasteiger partial charge in [-0.2, -0.15) is 5.10 Å². The van der Waals surface area contributed by atoms with Gasteiger partial charge < -0.3 is 10.2 Å². The van der Waals surface area contributed by atoms with Crippen LogP contribution in [0.5, 0.6) is 0 Å². The standard InChI is InChI=1S/C19H26N4O/c1-15-5-3-6-16(2)18(15)7-11-20-19(24)22-13-8-17(9-14-22)23-12-4-10-21-23/h3-6,10,12,17H,7-9,11,13-14H2,1-2H3,(H,20,24). The fraction of sp³-hybridized carbons (Fsp3) is 0.474. The summed E-state index contributed by atoms with van der Waals surface area (Å²) in [6.45, 7) is 6.53. The van der Waals surface area contributed by atoms with Crippen molar-refractivity contribution < 1.29 is 4.79 Å². The molecule has 0 aliphatic carbocycles. The SMILES string of the molecule is Cc1cccc(C)c1CCNC(=O)N1CCC(n2cccn2)CC1.